The predicted molar refractivity (Wildman–Crippen MR) is 155 cm³/mol. The predicted octanol–water partition coefficient (Wildman–Crippen LogP) is 5.87. The number of alkyl halides is 3. The molecular formula is C29H27F3N6O3S. The highest BCUT2D eigenvalue weighted by atomic mass is 32.2. The summed E-state index contributed by atoms with van der Waals surface area (Å²) in [5.41, 5.74) is 0.155. The number of benzene rings is 3. The molecule has 0 saturated carbocycles. The Bertz CT molecular complexity index is 1720. The first kappa shape index (κ1) is 28.9. The van der Waals surface area contributed by atoms with Crippen molar-refractivity contribution in [1.29, 1.82) is 0 Å². The molecule has 1 aliphatic rings. The first-order chi connectivity index (χ1) is 19.8. The Balaban J connectivity index is 1.60. The number of nitrogens with one attached hydrogen (secondary N) is 3. The Labute approximate surface area is 240 Å². The number of carbonyl (C=O) groups is 1. The van der Waals surface area contributed by atoms with Crippen LogP contribution in [0.15, 0.2) is 85.1 Å². The summed E-state index contributed by atoms with van der Waals surface area (Å²) in [6.07, 6.45) is -4.10. The average molecular weight is 597 g/mol. The van der Waals surface area contributed by atoms with E-state index in [1.165, 1.54) is 12.1 Å². The second-order valence-corrected chi connectivity index (χ2v) is 11.9. The van der Waals surface area contributed by atoms with E-state index in [9.17, 15) is 26.4 Å². The number of fused-ring (bicyclic) bond motifs is 1. The van der Waals surface area contributed by atoms with Crippen LogP contribution in [-0.4, -0.2) is 30.2 Å². The van der Waals surface area contributed by atoms with Gasteiger partial charge in [0.2, 0.25) is 11.9 Å². The molecule has 42 heavy (non-hydrogen) atoms. The molecule has 3 N–H and O–H groups in total. The molecule has 0 aliphatic carbocycles. The van der Waals surface area contributed by atoms with Crippen molar-refractivity contribution >= 4 is 44.8 Å². The van der Waals surface area contributed by atoms with Crippen molar-refractivity contribution in [3.05, 3.63) is 102 Å². The summed E-state index contributed by atoms with van der Waals surface area (Å²) < 4.78 is 72.4. The van der Waals surface area contributed by atoms with Crippen LogP contribution >= 0.6 is 0 Å². The number of carbonyl (C=O) groups excluding carboxylic acids is 1. The van der Waals surface area contributed by atoms with Crippen LogP contribution in [0, 0.1) is 0 Å². The van der Waals surface area contributed by atoms with E-state index >= 15 is 0 Å². The lowest BCUT2D eigenvalue weighted by Crippen LogP contribution is -2.47. The van der Waals surface area contributed by atoms with Gasteiger partial charge < -0.3 is 15.5 Å². The van der Waals surface area contributed by atoms with E-state index in [1.807, 2.05) is 0 Å². The van der Waals surface area contributed by atoms with Gasteiger partial charge in [0.1, 0.15) is 17.3 Å². The maximum atomic E-state index is 14.4. The van der Waals surface area contributed by atoms with Crippen molar-refractivity contribution in [1.82, 2.24) is 9.97 Å². The highest BCUT2D eigenvalue weighted by Crippen LogP contribution is 2.41. The van der Waals surface area contributed by atoms with E-state index in [1.54, 1.807) is 80.6 Å². The number of sulfonamides is 1. The lowest BCUT2D eigenvalue weighted by molar-refractivity contribution is -0.137. The smallest absolute Gasteiger partial charge is 0.331 e. The fourth-order valence-corrected chi connectivity index (χ4v) is 6.00. The van der Waals surface area contributed by atoms with Gasteiger partial charge in [0.05, 0.1) is 12.0 Å². The lowest BCUT2D eigenvalue weighted by atomic mass is 9.92. The molecule has 3 aromatic carbocycles. The fourth-order valence-electron chi connectivity index (χ4n) is 4.65. The average Bonchev–Trinajstić information content (AvgIpc) is 3.31. The largest absolute Gasteiger partial charge is 0.421 e. The minimum Gasteiger partial charge on any atom is -0.331 e. The molecule has 0 spiro atoms. The third kappa shape index (κ3) is 6.30. The normalized spacial score (nSPS) is 13.3. The standard InChI is InChI=1S/C29H27F3N6O3S/c1-28(2,20-9-5-3-6-10-20)38(18-42(40,41)37-21-11-7-4-8-12-21)26-23(29(30,31)32)17-33-27(36-26)34-22-13-14-24-19(15-22)16-25(39)35-24/h3-15,17,37H,16,18H2,1-2H3,(H,35,39)(H,33,34,36). The van der Waals surface area contributed by atoms with E-state index < -0.39 is 39.0 Å². The van der Waals surface area contributed by atoms with E-state index in [-0.39, 0.29) is 24.0 Å². The molecule has 13 heteroatoms. The SMILES string of the molecule is CC(C)(c1ccccc1)N(CS(=O)(=O)Nc1ccccc1)c1nc(Nc2ccc3c(c2)CC(=O)N3)ncc1C(F)(F)F. The number of amides is 1. The molecule has 9 nitrogen and oxygen atoms in total. The van der Waals surface area contributed by atoms with Crippen molar-refractivity contribution in [2.45, 2.75) is 32.0 Å². The highest BCUT2D eigenvalue weighted by Gasteiger charge is 2.42. The topological polar surface area (TPSA) is 116 Å². The number of aromatic nitrogens is 2. The number of nitrogens with zero attached hydrogens (tertiary/aromatic N) is 3. The van der Waals surface area contributed by atoms with Crippen LogP contribution in [0.4, 0.5) is 42.0 Å². The van der Waals surface area contributed by atoms with Gasteiger partial charge in [-0.3, -0.25) is 9.52 Å². The number of halogens is 3. The van der Waals surface area contributed by atoms with E-state index in [0.717, 1.165) is 4.90 Å². The van der Waals surface area contributed by atoms with Gasteiger partial charge >= 0.3 is 6.18 Å². The Morgan fingerprint density at radius 3 is 2.29 bits per heavy atom. The molecule has 0 saturated heterocycles. The molecule has 5 rings (SSSR count). The van der Waals surface area contributed by atoms with Gasteiger partial charge in [-0.1, -0.05) is 48.5 Å². The zero-order valence-corrected chi connectivity index (χ0v) is 23.4. The summed E-state index contributed by atoms with van der Waals surface area (Å²) in [6, 6.07) is 21.6. The number of hydrogen-bond donors (Lipinski definition) is 3. The summed E-state index contributed by atoms with van der Waals surface area (Å²) in [5, 5.41) is 5.61. The van der Waals surface area contributed by atoms with Crippen LogP contribution < -0.4 is 20.3 Å². The number of hydrogen-bond acceptors (Lipinski definition) is 7. The summed E-state index contributed by atoms with van der Waals surface area (Å²) >= 11 is 0. The van der Waals surface area contributed by atoms with Gasteiger partial charge in [0, 0.05) is 23.3 Å². The molecule has 218 valence electrons. The van der Waals surface area contributed by atoms with Crippen molar-refractivity contribution in [3.63, 3.8) is 0 Å². The summed E-state index contributed by atoms with van der Waals surface area (Å²) in [6.45, 7) is 3.25. The summed E-state index contributed by atoms with van der Waals surface area (Å²) in [7, 11) is -4.23. The Kier molecular flexibility index (Phi) is 7.54. The Morgan fingerprint density at radius 1 is 0.952 bits per heavy atom. The fraction of sp³-hybridized carbons (Fsp3) is 0.207. The minimum atomic E-state index is -4.89. The van der Waals surface area contributed by atoms with Crippen LogP contribution in [-0.2, 0) is 33.0 Å². The molecule has 4 aromatic rings. The van der Waals surface area contributed by atoms with Crippen molar-refractivity contribution < 1.29 is 26.4 Å². The van der Waals surface area contributed by atoms with Gasteiger partial charge in [-0.05, 0) is 55.3 Å². The van der Waals surface area contributed by atoms with E-state index in [4.69, 9.17) is 0 Å². The molecule has 0 atom stereocenters. The number of anilines is 5. The molecule has 0 bridgehead atoms. The first-order valence-electron chi connectivity index (χ1n) is 12.8. The maximum Gasteiger partial charge on any atom is 0.421 e. The van der Waals surface area contributed by atoms with Crippen LogP contribution in [0.3, 0.4) is 0 Å². The second-order valence-electron chi connectivity index (χ2n) is 10.2. The monoisotopic (exact) mass is 596 g/mol. The van der Waals surface area contributed by atoms with E-state index in [2.05, 4.69) is 25.3 Å². The third-order valence-electron chi connectivity index (χ3n) is 6.82. The number of para-hydroxylation sites is 1. The van der Waals surface area contributed by atoms with Gasteiger partial charge in [-0.15, -0.1) is 0 Å². The third-order valence-corrected chi connectivity index (χ3v) is 7.96. The van der Waals surface area contributed by atoms with E-state index in [0.29, 0.717) is 28.7 Å². The lowest BCUT2D eigenvalue weighted by Gasteiger charge is -2.40. The molecule has 1 aliphatic heterocycles. The minimum absolute atomic E-state index is 0.162. The van der Waals surface area contributed by atoms with Crippen LogP contribution in [0.25, 0.3) is 0 Å². The van der Waals surface area contributed by atoms with Gasteiger partial charge in [-0.25, -0.2) is 13.4 Å². The van der Waals surface area contributed by atoms with Crippen molar-refractivity contribution in [2.24, 2.45) is 0 Å². The van der Waals surface area contributed by atoms with Crippen molar-refractivity contribution in [2.75, 3.05) is 26.1 Å². The molecule has 0 unspecified atom stereocenters. The van der Waals surface area contributed by atoms with Gasteiger partial charge in [0.25, 0.3) is 10.0 Å². The van der Waals surface area contributed by atoms with Gasteiger partial charge in [0.15, 0.2) is 0 Å². The molecule has 1 amide bonds. The van der Waals surface area contributed by atoms with Crippen LogP contribution in [0.5, 0.6) is 0 Å². The zero-order valence-electron chi connectivity index (χ0n) is 22.6. The highest BCUT2D eigenvalue weighted by molar-refractivity contribution is 7.92. The van der Waals surface area contributed by atoms with Crippen molar-refractivity contribution in [3.8, 4) is 0 Å². The molecule has 2 heterocycles. The van der Waals surface area contributed by atoms with Gasteiger partial charge in [-0.2, -0.15) is 18.2 Å². The van der Waals surface area contributed by atoms with Crippen LogP contribution in [0.2, 0.25) is 0 Å². The number of rotatable bonds is 9. The second kappa shape index (κ2) is 11.0. The molecular weight excluding hydrogens is 569 g/mol. The zero-order chi connectivity index (χ0) is 30.1. The van der Waals surface area contributed by atoms with Crippen LogP contribution in [0.1, 0.15) is 30.5 Å². The quantitative estimate of drug-likeness (QED) is 0.221. The Hall–Kier alpha value is -4.65. The first-order valence-corrected chi connectivity index (χ1v) is 14.5. The Morgan fingerprint density at radius 2 is 1.62 bits per heavy atom. The molecule has 0 radical (unpaired) electrons. The molecule has 1 aromatic heterocycles. The summed E-state index contributed by atoms with van der Waals surface area (Å²) in [5.74, 6) is -1.82. The maximum absolute atomic E-state index is 14.4. The summed E-state index contributed by atoms with van der Waals surface area (Å²) in [4.78, 5) is 21.0. The molecule has 0 fully saturated rings.